The number of aromatic nitrogens is 4. The summed E-state index contributed by atoms with van der Waals surface area (Å²) in [5, 5.41) is 25.3. The van der Waals surface area contributed by atoms with Crippen molar-refractivity contribution in [3.63, 3.8) is 0 Å². The smallest absolute Gasteiger partial charge is 0.358 e. The fourth-order valence-electron chi connectivity index (χ4n) is 1.98. The monoisotopic (exact) mass is 317 g/mol. The van der Waals surface area contributed by atoms with Crippen LogP contribution in [-0.2, 0) is 0 Å². The Kier molecular flexibility index (Phi) is 3.67. The molecule has 3 aromatic rings. The molecule has 0 bridgehead atoms. The first-order valence-corrected chi connectivity index (χ1v) is 6.37. The van der Waals surface area contributed by atoms with E-state index in [-0.39, 0.29) is 22.6 Å². The molecule has 1 aromatic carbocycles. The lowest BCUT2D eigenvalue weighted by molar-refractivity contribution is 0.0690. The predicted molar refractivity (Wildman–Crippen MR) is 76.2 cm³/mol. The van der Waals surface area contributed by atoms with Gasteiger partial charge in [0.15, 0.2) is 5.69 Å². The van der Waals surface area contributed by atoms with Crippen molar-refractivity contribution in [3.8, 4) is 11.3 Å². The topological polar surface area (TPSA) is 104 Å². The molecule has 0 spiro atoms. The molecule has 0 radical (unpaired) electrons. The molecule has 2 aromatic heterocycles. The molecule has 3 rings (SSSR count). The van der Waals surface area contributed by atoms with Crippen molar-refractivity contribution in [3.05, 3.63) is 54.0 Å². The largest absolute Gasteiger partial charge is 0.476 e. The second-order valence-corrected chi connectivity index (χ2v) is 4.51. The Balaban J connectivity index is 2.12. The summed E-state index contributed by atoms with van der Waals surface area (Å²) in [4.78, 5) is 11.2. The van der Waals surface area contributed by atoms with Crippen LogP contribution in [0.2, 0.25) is 0 Å². The SMILES string of the molecule is O=C(O)c1nnc(-c2c(F)cccc2F)cc1Nc1cn[nH]c1. The highest BCUT2D eigenvalue weighted by atomic mass is 19.1. The van der Waals surface area contributed by atoms with Gasteiger partial charge in [-0.3, -0.25) is 5.10 Å². The van der Waals surface area contributed by atoms with Crippen molar-refractivity contribution in [2.24, 2.45) is 0 Å². The summed E-state index contributed by atoms with van der Waals surface area (Å²) in [5.74, 6) is -2.97. The van der Waals surface area contributed by atoms with Gasteiger partial charge in [0.1, 0.15) is 17.3 Å². The zero-order valence-corrected chi connectivity index (χ0v) is 11.4. The van der Waals surface area contributed by atoms with Crippen molar-refractivity contribution in [2.75, 3.05) is 5.32 Å². The van der Waals surface area contributed by atoms with E-state index in [0.717, 1.165) is 12.1 Å². The third kappa shape index (κ3) is 2.84. The number of hydrogen-bond acceptors (Lipinski definition) is 5. The molecule has 0 aliphatic heterocycles. The van der Waals surface area contributed by atoms with Gasteiger partial charge in [-0.05, 0) is 18.2 Å². The maximum absolute atomic E-state index is 13.8. The van der Waals surface area contributed by atoms with Crippen LogP contribution in [0.1, 0.15) is 10.5 Å². The van der Waals surface area contributed by atoms with Crippen LogP contribution in [0.4, 0.5) is 20.2 Å². The van der Waals surface area contributed by atoms with Crippen LogP contribution in [-0.4, -0.2) is 31.5 Å². The van der Waals surface area contributed by atoms with E-state index >= 15 is 0 Å². The number of nitrogens with zero attached hydrogens (tertiary/aromatic N) is 3. The minimum Gasteiger partial charge on any atom is -0.476 e. The van der Waals surface area contributed by atoms with E-state index in [2.05, 4.69) is 25.7 Å². The van der Waals surface area contributed by atoms with E-state index in [0.29, 0.717) is 5.69 Å². The quantitative estimate of drug-likeness (QED) is 0.683. The van der Waals surface area contributed by atoms with E-state index in [1.165, 1.54) is 24.5 Å². The molecule has 0 saturated heterocycles. The summed E-state index contributed by atoms with van der Waals surface area (Å²) >= 11 is 0. The van der Waals surface area contributed by atoms with Gasteiger partial charge < -0.3 is 10.4 Å². The van der Waals surface area contributed by atoms with Gasteiger partial charge in [0, 0.05) is 6.20 Å². The zero-order valence-electron chi connectivity index (χ0n) is 11.4. The summed E-state index contributed by atoms with van der Waals surface area (Å²) in [5.41, 5.74) is -0.400. The highest BCUT2D eigenvalue weighted by Gasteiger charge is 2.19. The van der Waals surface area contributed by atoms with E-state index in [1.54, 1.807) is 0 Å². The molecule has 2 heterocycles. The molecule has 0 fully saturated rings. The minimum absolute atomic E-state index is 0.0338. The Morgan fingerprint density at radius 1 is 1.22 bits per heavy atom. The van der Waals surface area contributed by atoms with Gasteiger partial charge in [-0.1, -0.05) is 6.07 Å². The Labute approximate surface area is 128 Å². The molecule has 0 aliphatic rings. The molecule has 23 heavy (non-hydrogen) atoms. The first-order valence-electron chi connectivity index (χ1n) is 6.37. The molecular weight excluding hydrogens is 308 g/mol. The predicted octanol–water partition coefficient (Wildman–Crippen LogP) is 2.59. The molecule has 0 atom stereocenters. The highest BCUT2D eigenvalue weighted by molar-refractivity contribution is 5.93. The number of carboxylic acid groups (broad SMARTS) is 1. The highest BCUT2D eigenvalue weighted by Crippen LogP contribution is 2.28. The number of nitrogens with one attached hydrogen (secondary N) is 2. The molecule has 3 N–H and O–H groups in total. The van der Waals surface area contributed by atoms with Crippen LogP contribution in [0, 0.1) is 11.6 Å². The van der Waals surface area contributed by atoms with Crippen molar-refractivity contribution < 1.29 is 18.7 Å². The molecule has 7 nitrogen and oxygen atoms in total. The van der Waals surface area contributed by atoms with Crippen LogP contribution in [0.25, 0.3) is 11.3 Å². The standard InChI is InChI=1S/C14H9F2N5O2/c15-8-2-1-3-9(16)12(8)10-4-11(13(14(22)23)21-20-10)19-7-5-17-18-6-7/h1-6H,(H,17,18)(H,19,20)(H,22,23). The van der Waals surface area contributed by atoms with Gasteiger partial charge >= 0.3 is 5.97 Å². The van der Waals surface area contributed by atoms with Crippen LogP contribution in [0.3, 0.4) is 0 Å². The maximum Gasteiger partial charge on any atom is 0.358 e. The fraction of sp³-hybridized carbons (Fsp3) is 0. The van der Waals surface area contributed by atoms with E-state index in [9.17, 15) is 13.6 Å². The average molecular weight is 317 g/mol. The van der Waals surface area contributed by atoms with Crippen molar-refractivity contribution in [1.29, 1.82) is 0 Å². The number of aromatic amines is 1. The van der Waals surface area contributed by atoms with Crippen molar-refractivity contribution in [1.82, 2.24) is 20.4 Å². The first-order chi connectivity index (χ1) is 11.1. The van der Waals surface area contributed by atoms with Gasteiger partial charge in [0.2, 0.25) is 0 Å². The normalized spacial score (nSPS) is 10.5. The number of aromatic carboxylic acids is 1. The lowest BCUT2D eigenvalue weighted by atomic mass is 10.1. The molecule has 0 unspecified atom stereocenters. The van der Waals surface area contributed by atoms with E-state index < -0.39 is 17.6 Å². The lowest BCUT2D eigenvalue weighted by Gasteiger charge is -2.09. The summed E-state index contributed by atoms with van der Waals surface area (Å²) < 4.78 is 27.7. The van der Waals surface area contributed by atoms with Crippen LogP contribution in [0.5, 0.6) is 0 Å². The lowest BCUT2D eigenvalue weighted by Crippen LogP contribution is -2.08. The number of halogens is 2. The number of hydrogen-bond donors (Lipinski definition) is 3. The van der Waals surface area contributed by atoms with Crippen LogP contribution >= 0.6 is 0 Å². The number of anilines is 2. The van der Waals surface area contributed by atoms with E-state index in [1.807, 2.05) is 0 Å². The van der Waals surface area contributed by atoms with Gasteiger partial charge in [0.25, 0.3) is 0 Å². The Bertz CT molecular complexity index is 847. The molecule has 116 valence electrons. The van der Waals surface area contributed by atoms with Crippen LogP contribution < -0.4 is 5.32 Å². The number of carbonyl (C=O) groups is 1. The molecule has 9 heteroatoms. The van der Waals surface area contributed by atoms with Gasteiger partial charge in [-0.25, -0.2) is 13.6 Å². The summed E-state index contributed by atoms with van der Waals surface area (Å²) in [6.07, 6.45) is 2.89. The van der Waals surface area contributed by atoms with Gasteiger partial charge in [0.05, 0.1) is 23.1 Å². The number of H-pyrrole nitrogens is 1. The maximum atomic E-state index is 13.8. The molecule has 0 saturated carbocycles. The number of rotatable bonds is 4. The summed E-state index contributed by atoms with van der Waals surface area (Å²) in [7, 11) is 0. The van der Waals surface area contributed by atoms with Crippen molar-refractivity contribution >= 4 is 17.3 Å². The molecule has 0 aliphatic carbocycles. The molecule has 0 amide bonds. The summed E-state index contributed by atoms with van der Waals surface area (Å²) in [6, 6.07) is 4.59. The molecular formula is C14H9F2N5O2. The number of benzene rings is 1. The van der Waals surface area contributed by atoms with Crippen molar-refractivity contribution in [2.45, 2.75) is 0 Å². The summed E-state index contributed by atoms with van der Waals surface area (Å²) in [6.45, 7) is 0. The Morgan fingerprint density at radius 2 is 1.96 bits per heavy atom. The third-order valence-electron chi connectivity index (χ3n) is 2.99. The van der Waals surface area contributed by atoms with Gasteiger partial charge in [-0.15, -0.1) is 10.2 Å². The Morgan fingerprint density at radius 3 is 2.57 bits per heavy atom. The third-order valence-corrected chi connectivity index (χ3v) is 2.99. The zero-order chi connectivity index (χ0) is 16.4. The van der Waals surface area contributed by atoms with E-state index in [4.69, 9.17) is 5.11 Å². The van der Waals surface area contributed by atoms with Crippen LogP contribution in [0.15, 0.2) is 36.7 Å². The fourth-order valence-corrected chi connectivity index (χ4v) is 1.98. The second kappa shape index (κ2) is 5.79. The van der Waals surface area contributed by atoms with Gasteiger partial charge in [-0.2, -0.15) is 5.10 Å². The number of carboxylic acids is 1. The minimum atomic E-state index is -1.33. The average Bonchev–Trinajstić information content (AvgIpc) is 3.00. The first kappa shape index (κ1) is 14.6. The Hall–Kier alpha value is -3.36. The second-order valence-electron chi connectivity index (χ2n) is 4.51.